The molecule has 0 aromatic heterocycles. The van der Waals surface area contributed by atoms with Crippen molar-refractivity contribution in [1.29, 1.82) is 0 Å². The van der Waals surface area contributed by atoms with Gasteiger partial charge in [0.05, 0.1) is 5.60 Å². The van der Waals surface area contributed by atoms with Gasteiger partial charge in [-0.3, -0.25) is 4.79 Å². The van der Waals surface area contributed by atoms with E-state index < -0.39 is 5.60 Å². The van der Waals surface area contributed by atoms with Crippen LogP contribution in [0.3, 0.4) is 0 Å². The van der Waals surface area contributed by atoms with Gasteiger partial charge < -0.3 is 9.90 Å². The van der Waals surface area contributed by atoms with Crippen LogP contribution in [0, 0.1) is 17.3 Å². The van der Waals surface area contributed by atoms with Crippen LogP contribution in [0.25, 0.3) is 0 Å². The van der Waals surface area contributed by atoms with Crippen molar-refractivity contribution in [2.24, 2.45) is 17.3 Å². The molecule has 18 heavy (non-hydrogen) atoms. The van der Waals surface area contributed by atoms with Gasteiger partial charge in [0.15, 0.2) is 0 Å². The Bertz CT molecular complexity index is 379. The van der Waals surface area contributed by atoms with E-state index >= 15 is 0 Å². The molecule has 0 saturated heterocycles. The van der Waals surface area contributed by atoms with Gasteiger partial charge in [0, 0.05) is 11.3 Å². The SMILES string of the molecule is CC(C=O)CC1(C2CC2)C(=CC=O)CCC1(C)O. The number of rotatable bonds is 5. The van der Waals surface area contributed by atoms with Crippen LogP contribution in [0.1, 0.15) is 46.0 Å². The van der Waals surface area contributed by atoms with Gasteiger partial charge in [-0.15, -0.1) is 0 Å². The molecule has 3 atom stereocenters. The Morgan fingerprint density at radius 1 is 1.44 bits per heavy atom. The molecule has 1 N–H and O–H groups in total. The van der Waals surface area contributed by atoms with E-state index in [4.69, 9.17) is 0 Å². The zero-order chi connectivity index (χ0) is 13.4. The van der Waals surface area contributed by atoms with Gasteiger partial charge in [0.25, 0.3) is 0 Å². The summed E-state index contributed by atoms with van der Waals surface area (Å²) in [7, 11) is 0. The van der Waals surface area contributed by atoms with E-state index in [2.05, 4.69) is 0 Å². The molecule has 2 saturated carbocycles. The second-order valence-electron chi connectivity index (χ2n) is 6.16. The third kappa shape index (κ3) is 1.95. The highest BCUT2D eigenvalue weighted by Gasteiger charge is 2.61. The van der Waals surface area contributed by atoms with Gasteiger partial charge >= 0.3 is 0 Å². The average Bonchev–Trinajstić information content (AvgIpc) is 3.12. The Morgan fingerprint density at radius 2 is 2.11 bits per heavy atom. The van der Waals surface area contributed by atoms with E-state index in [1.165, 1.54) is 0 Å². The largest absolute Gasteiger partial charge is 0.389 e. The Kier molecular flexibility index (Phi) is 3.45. The number of hydrogen-bond donors (Lipinski definition) is 1. The molecule has 3 heteroatoms. The number of hydrogen-bond acceptors (Lipinski definition) is 3. The summed E-state index contributed by atoms with van der Waals surface area (Å²) in [5, 5.41) is 10.8. The van der Waals surface area contributed by atoms with Crippen LogP contribution >= 0.6 is 0 Å². The molecule has 2 aliphatic carbocycles. The van der Waals surface area contributed by atoms with Gasteiger partial charge in [-0.2, -0.15) is 0 Å². The maximum absolute atomic E-state index is 11.0. The maximum atomic E-state index is 11.0. The first-order valence-corrected chi connectivity index (χ1v) is 6.80. The zero-order valence-corrected chi connectivity index (χ0v) is 11.2. The number of aliphatic hydroxyl groups is 1. The summed E-state index contributed by atoms with van der Waals surface area (Å²) in [6.07, 6.45) is 7.71. The van der Waals surface area contributed by atoms with Crippen LogP contribution in [-0.2, 0) is 9.59 Å². The number of carbonyl (C=O) groups is 2. The lowest BCUT2D eigenvalue weighted by Gasteiger charge is -2.43. The topological polar surface area (TPSA) is 54.4 Å². The molecule has 2 fully saturated rings. The molecule has 0 amide bonds. The second kappa shape index (κ2) is 4.61. The first-order valence-electron chi connectivity index (χ1n) is 6.80. The van der Waals surface area contributed by atoms with E-state index in [0.717, 1.165) is 37.4 Å². The molecule has 0 aromatic carbocycles. The molecule has 0 aliphatic heterocycles. The fourth-order valence-electron chi connectivity index (χ4n) is 3.84. The molecule has 0 aromatic rings. The van der Waals surface area contributed by atoms with Crippen molar-refractivity contribution in [2.75, 3.05) is 0 Å². The smallest absolute Gasteiger partial charge is 0.142 e. The van der Waals surface area contributed by atoms with Crippen LogP contribution < -0.4 is 0 Å². The number of carbonyl (C=O) groups excluding carboxylic acids is 2. The highest BCUT2D eigenvalue weighted by atomic mass is 16.3. The quantitative estimate of drug-likeness (QED) is 0.601. The molecular weight excluding hydrogens is 228 g/mol. The molecule has 0 bridgehead atoms. The molecule has 100 valence electrons. The minimum atomic E-state index is -0.791. The van der Waals surface area contributed by atoms with Gasteiger partial charge in [-0.25, -0.2) is 0 Å². The van der Waals surface area contributed by atoms with Crippen LogP contribution in [0.5, 0.6) is 0 Å². The monoisotopic (exact) mass is 250 g/mol. The summed E-state index contributed by atoms with van der Waals surface area (Å²) < 4.78 is 0. The van der Waals surface area contributed by atoms with Gasteiger partial charge in [-0.1, -0.05) is 12.5 Å². The normalized spacial score (nSPS) is 39.8. The van der Waals surface area contributed by atoms with Crippen LogP contribution in [0.15, 0.2) is 11.6 Å². The minimum absolute atomic E-state index is 0.0785. The average molecular weight is 250 g/mol. The summed E-state index contributed by atoms with van der Waals surface area (Å²) in [6, 6.07) is 0. The van der Waals surface area contributed by atoms with E-state index in [1.54, 1.807) is 6.08 Å². The van der Waals surface area contributed by atoms with Crippen LogP contribution in [-0.4, -0.2) is 23.3 Å². The highest BCUT2D eigenvalue weighted by Crippen LogP contribution is 2.64. The van der Waals surface area contributed by atoms with Crippen LogP contribution in [0.4, 0.5) is 0 Å². The van der Waals surface area contributed by atoms with Crippen LogP contribution in [0.2, 0.25) is 0 Å². The molecule has 3 unspecified atom stereocenters. The predicted molar refractivity (Wildman–Crippen MR) is 69.0 cm³/mol. The summed E-state index contributed by atoms with van der Waals surface area (Å²) in [5.41, 5.74) is -0.0900. The highest BCUT2D eigenvalue weighted by molar-refractivity contribution is 5.67. The Hall–Kier alpha value is -0.960. The van der Waals surface area contributed by atoms with Crippen molar-refractivity contribution < 1.29 is 14.7 Å². The first kappa shape index (κ1) is 13.5. The molecule has 3 nitrogen and oxygen atoms in total. The van der Waals surface area contributed by atoms with E-state index in [-0.39, 0.29) is 11.3 Å². The van der Waals surface area contributed by atoms with Crippen molar-refractivity contribution in [3.63, 3.8) is 0 Å². The zero-order valence-electron chi connectivity index (χ0n) is 11.2. The Labute approximate surface area is 108 Å². The summed E-state index contributed by atoms with van der Waals surface area (Å²) in [4.78, 5) is 21.8. The Balaban J connectivity index is 2.42. The molecular formula is C15H22O3. The summed E-state index contributed by atoms with van der Waals surface area (Å²) >= 11 is 0. The lowest BCUT2D eigenvalue weighted by Crippen LogP contribution is -2.45. The lowest BCUT2D eigenvalue weighted by molar-refractivity contribution is -0.113. The van der Waals surface area contributed by atoms with Gasteiger partial charge in [0.2, 0.25) is 0 Å². The minimum Gasteiger partial charge on any atom is -0.389 e. The standard InChI is InChI=1S/C15H22O3/c1-11(10-17)9-15(12-3-4-12)13(6-8-16)5-7-14(15,2)18/h6,8,10-12,18H,3-5,7,9H2,1-2H3. The van der Waals surface area contributed by atoms with Gasteiger partial charge in [0.1, 0.15) is 12.6 Å². The third-order valence-electron chi connectivity index (χ3n) is 4.83. The maximum Gasteiger partial charge on any atom is 0.142 e. The predicted octanol–water partition coefficient (Wildman–Crippen LogP) is 2.28. The molecule has 2 rings (SSSR count). The number of aldehydes is 2. The first-order chi connectivity index (χ1) is 8.48. The Morgan fingerprint density at radius 3 is 2.61 bits per heavy atom. The fraction of sp³-hybridized carbons (Fsp3) is 0.733. The van der Waals surface area contributed by atoms with E-state index in [1.807, 2.05) is 13.8 Å². The van der Waals surface area contributed by atoms with Crippen molar-refractivity contribution >= 4 is 12.6 Å². The molecule has 2 aliphatic rings. The summed E-state index contributed by atoms with van der Waals surface area (Å²) in [5.74, 6) is 0.355. The van der Waals surface area contributed by atoms with Crippen molar-refractivity contribution in [3.8, 4) is 0 Å². The van der Waals surface area contributed by atoms with Crippen molar-refractivity contribution in [1.82, 2.24) is 0 Å². The van der Waals surface area contributed by atoms with Gasteiger partial charge in [-0.05, 0) is 51.0 Å². The second-order valence-corrected chi connectivity index (χ2v) is 6.16. The summed E-state index contributed by atoms with van der Waals surface area (Å²) in [6.45, 7) is 3.76. The lowest BCUT2D eigenvalue weighted by atomic mass is 9.64. The number of allylic oxidation sites excluding steroid dienone is 1. The molecule has 0 heterocycles. The van der Waals surface area contributed by atoms with Crippen molar-refractivity contribution in [2.45, 2.75) is 51.6 Å². The van der Waals surface area contributed by atoms with Crippen molar-refractivity contribution in [3.05, 3.63) is 11.6 Å². The molecule has 0 spiro atoms. The fourth-order valence-corrected chi connectivity index (χ4v) is 3.84. The van der Waals surface area contributed by atoms with E-state index in [9.17, 15) is 14.7 Å². The van der Waals surface area contributed by atoms with E-state index in [0.29, 0.717) is 18.8 Å². The third-order valence-corrected chi connectivity index (χ3v) is 4.83. The molecule has 0 radical (unpaired) electrons.